The van der Waals surface area contributed by atoms with E-state index in [9.17, 15) is 0 Å². The SMILES string of the molecule is CCCc1[c-]cccc1.[Y+3]. The topological polar surface area (TPSA) is 0 Å². The Morgan fingerprint density at radius 2 is 2.20 bits per heavy atom. The van der Waals surface area contributed by atoms with Gasteiger partial charge >= 0.3 is 32.7 Å². The van der Waals surface area contributed by atoms with Crippen LogP contribution in [0.15, 0.2) is 24.3 Å². The van der Waals surface area contributed by atoms with Gasteiger partial charge in [0.05, 0.1) is 0 Å². The summed E-state index contributed by atoms with van der Waals surface area (Å²) in [5, 5.41) is 0. The Hall–Kier alpha value is 0.324. The van der Waals surface area contributed by atoms with Crippen molar-refractivity contribution in [2.45, 2.75) is 19.8 Å². The third kappa shape index (κ3) is 3.48. The van der Waals surface area contributed by atoms with Gasteiger partial charge in [-0.2, -0.15) is 35.9 Å². The maximum atomic E-state index is 3.17. The molecule has 0 nitrogen and oxygen atoms in total. The molecule has 0 aliphatic heterocycles. The van der Waals surface area contributed by atoms with Crippen molar-refractivity contribution in [2.75, 3.05) is 0 Å². The molecule has 48 valence electrons. The van der Waals surface area contributed by atoms with Crippen LogP contribution in [-0.2, 0) is 39.1 Å². The summed E-state index contributed by atoms with van der Waals surface area (Å²) in [6, 6.07) is 11.3. The first-order valence-corrected chi connectivity index (χ1v) is 3.39. The van der Waals surface area contributed by atoms with E-state index in [1.807, 2.05) is 12.1 Å². The van der Waals surface area contributed by atoms with E-state index in [0.29, 0.717) is 0 Å². The van der Waals surface area contributed by atoms with E-state index in [4.69, 9.17) is 0 Å². The maximum absolute atomic E-state index is 3.17. The van der Waals surface area contributed by atoms with E-state index in [1.54, 1.807) is 0 Å². The molecule has 10 heavy (non-hydrogen) atoms. The zero-order chi connectivity index (χ0) is 6.53. The van der Waals surface area contributed by atoms with Crippen molar-refractivity contribution < 1.29 is 32.7 Å². The summed E-state index contributed by atoms with van der Waals surface area (Å²) in [5.41, 5.74) is 1.32. The summed E-state index contributed by atoms with van der Waals surface area (Å²) in [5.74, 6) is 0. The fourth-order valence-corrected chi connectivity index (χ4v) is 0.855. The molecule has 0 heterocycles. The molecule has 0 fully saturated rings. The van der Waals surface area contributed by atoms with Crippen LogP contribution in [0, 0.1) is 6.07 Å². The number of rotatable bonds is 2. The molecular weight excluding hydrogens is 197 g/mol. The first kappa shape index (κ1) is 10.3. The fraction of sp³-hybridized carbons (Fsp3) is 0.333. The van der Waals surface area contributed by atoms with Crippen LogP contribution in [0.4, 0.5) is 0 Å². The van der Waals surface area contributed by atoms with Gasteiger partial charge in [-0.3, -0.25) is 0 Å². The molecule has 0 aliphatic rings. The van der Waals surface area contributed by atoms with Gasteiger partial charge < -0.3 is 0 Å². The Balaban J connectivity index is 0.000000810. The van der Waals surface area contributed by atoms with Crippen molar-refractivity contribution in [3.8, 4) is 0 Å². The molecule has 0 saturated heterocycles. The van der Waals surface area contributed by atoms with Crippen LogP contribution in [-0.4, -0.2) is 0 Å². The molecular formula is C9H11Y+2. The van der Waals surface area contributed by atoms with Crippen molar-refractivity contribution in [2.24, 2.45) is 0 Å². The van der Waals surface area contributed by atoms with E-state index in [1.165, 1.54) is 12.0 Å². The predicted molar refractivity (Wildman–Crippen MR) is 39.3 cm³/mol. The maximum Gasteiger partial charge on any atom is 3.00 e. The van der Waals surface area contributed by atoms with Gasteiger partial charge in [-0.05, 0) is 0 Å². The van der Waals surface area contributed by atoms with Gasteiger partial charge in [0.2, 0.25) is 0 Å². The van der Waals surface area contributed by atoms with Gasteiger partial charge in [0.25, 0.3) is 0 Å². The van der Waals surface area contributed by atoms with Crippen LogP contribution >= 0.6 is 0 Å². The van der Waals surface area contributed by atoms with Gasteiger partial charge in [-0.15, -0.1) is 0 Å². The average Bonchev–Trinajstić information content (AvgIpc) is 1.91. The Bertz CT molecular complexity index is 158. The number of aryl methyl sites for hydroxylation is 1. The quantitative estimate of drug-likeness (QED) is 0.655. The van der Waals surface area contributed by atoms with Crippen LogP contribution in [0.3, 0.4) is 0 Å². The van der Waals surface area contributed by atoms with Crippen LogP contribution in [0.25, 0.3) is 0 Å². The Morgan fingerprint density at radius 3 is 2.70 bits per heavy atom. The minimum atomic E-state index is 0. The van der Waals surface area contributed by atoms with Crippen LogP contribution in [0.2, 0.25) is 0 Å². The molecule has 0 saturated carbocycles. The number of benzene rings is 1. The van der Waals surface area contributed by atoms with Gasteiger partial charge in [-0.1, -0.05) is 19.8 Å². The molecule has 0 spiro atoms. The third-order valence-electron chi connectivity index (χ3n) is 1.29. The van der Waals surface area contributed by atoms with E-state index < -0.39 is 0 Å². The third-order valence-corrected chi connectivity index (χ3v) is 1.29. The normalized spacial score (nSPS) is 8.50. The van der Waals surface area contributed by atoms with Crippen molar-refractivity contribution >= 4 is 0 Å². The first-order valence-electron chi connectivity index (χ1n) is 3.39. The molecule has 1 heteroatoms. The molecule has 0 unspecified atom stereocenters. The average molecular weight is 208 g/mol. The smallest absolute Gasteiger partial charge is 0.180 e. The molecule has 0 N–H and O–H groups in total. The Morgan fingerprint density at radius 1 is 1.40 bits per heavy atom. The zero-order valence-electron chi connectivity index (χ0n) is 6.30. The van der Waals surface area contributed by atoms with Crippen molar-refractivity contribution in [3.63, 3.8) is 0 Å². The largest absolute Gasteiger partial charge is 3.00 e. The van der Waals surface area contributed by atoms with Crippen LogP contribution < -0.4 is 0 Å². The second-order valence-corrected chi connectivity index (χ2v) is 2.14. The summed E-state index contributed by atoms with van der Waals surface area (Å²) < 4.78 is 0. The number of hydrogen-bond acceptors (Lipinski definition) is 0. The fourth-order valence-electron chi connectivity index (χ4n) is 0.855. The molecule has 1 rings (SSSR count). The van der Waals surface area contributed by atoms with Crippen molar-refractivity contribution in [3.05, 3.63) is 35.9 Å². The molecule has 1 aromatic rings. The molecule has 0 bridgehead atoms. The van der Waals surface area contributed by atoms with E-state index >= 15 is 0 Å². The number of hydrogen-bond donors (Lipinski definition) is 0. The van der Waals surface area contributed by atoms with E-state index in [2.05, 4.69) is 25.1 Å². The van der Waals surface area contributed by atoms with Crippen molar-refractivity contribution in [1.82, 2.24) is 0 Å². The molecule has 0 amide bonds. The predicted octanol–water partition coefficient (Wildman–Crippen LogP) is 2.44. The monoisotopic (exact) mass is 208 g/mol. The minimum Gasteiger partial charge on any atom is -0.180 e. The summed E-state index contributed by atoms with van der Waals surface area (Å²) in [6.07, 6.45) is 2.36. The van der Waals surface area contributed by atoms with E-state index in [0.717, 1.165) is 6.42 Å². The van der Waals surface area contributed by atoms with Gasteiger partial charge in [0, 0.05) is 0 Å². The van der Waals surface area contributed by atoms with Crippen LogP contribution in [0.5, 0.6) is 0 Å². The molecule has 0 atom stereocenters. The van der Waals surface area contributed by atoms with Gasteiger partial charge in [0.1, 0.15) is 0 Å². The summed E-state index contributed by atoms with van der Waals surface area (Å²) in [6.45, 7) is 2.18. The summed E-state index contributed by atoms with van der Waals surface area (Å²) in [4.78, 5) is 0. The summed E-state index contributed by atoms with van der Waals surface area (Å²) in [7, 11) is 0. The van der Waals surface area contributed by atoms with Gasteiger partial charge in [0.15, 0.2) is 0 Å². The first-order chi connectivity index (χ1) is 4.43. The van der Waals surface area contributed by atoms with E-state index in [-0.39, 0.29) is 32.7 Å². The Labute approximate surface area is 87.9 Å². The summed E-state index contributed by atoms with van der Waals surface area (Å²) >= 11 is 0. The molecule has 0 aromatic heterocycles. The molecule has 0 aliphatic carbocycles. The van der Waals surface area contributed by atoms with Gasteiger partial charge in [-0.25, -0.2) is 0 Å². The second-order valence-electron chi connectivity index (χ2n) is 2.14. The van der Waals surface area contributed by atoms with Crippen LogP contribution in [0.1, 0.15) is 18.9 Å². The Kier molecular flexibility index (Phi) is 6.26. The van der Waals surface area contributed by atoms with Crippen molar-refractivity contribution in [1.29, 1.82) is 0 Å². The zero-order valence-corrected chi connectivity index (χ0v) is 9.14. The standard InChI is InChI=1S/C9H11.Y/c1-2-6-9-7-4-3-5-8-9;/h3-5,7H,2,6H2,1H3;/q-1;+3. The molecule has 0 radical (unpaired) electrons. The molecule has 1 aromatic carbocycles. The second kappa shape index (κ2) is 6.06. The minimum absolute atomic E-state index is 0.